The first kappa shape index (κ1) is 34.4. The van der Waals surface area contributed by atoms with Gasteiger partial charge in [0.15, 0.2) is 0 Å². The number of nitrogens with zero attached hydrogens (tertiary/aromatic N) is 2. The average molecular weight is 551 g/mol. The number of aromatic nitrogens is 1. The average Bonchev–Trinajstić information content (AvgIpc) is 2.90. The Kier molecular flexibility index (Phi) is 22.1. The van der Waals surface area contributed by atoms with Crippen molar-refractivity contribution in [2.45, 2.75) is 123 Å². The number of thiol groups is 1. The molecule has 6 nitrogen and oxygen atoms in total. The molecule has 1 heterocycles. The van der Waals surface area contributed by atoms with Crippen LogP contribution in [0.5, 0.6) is 0 Å². The number of esters is 1. The second-order valence-electron chi connectivity index (χ2n) is 10.6. The number of hydrogen-bond donors (Lipinski definition) is 2. The second-order valence-corrected chi connectivity index (χ2v) is 11.0. The Morgan fingerprint density at radius 2 is 1.55 bits per heavy atom. The van der Waals surface area contributed by atoms with Crippen molar-refractivity contribution in [1.29, 1.82) is 0 Å². The van der Waals surface area contributed by atoms with Gasteiger partial charge in [0, 0.05) is 24.9 Å². The predicted octanol–water partition coefficient (Wildman–Crippen LogP) is 7.71. The fourth-order valence-corrected chi connectivity index (χ4v) is 5.08. The molecule has 0 saturated heterocycles. The van der Waals surface area contributed by atoms with Gasteiger partial charge < -0.3 is 9.84 Å². The van der Waals surface area contributed by atoms with Crippen LogP contribution in [0.3, 0.4) is 0 Å². The highest BCUT2D eigenvalue weighted by atomic mass is 32.1. The smallest absolute Gasteiger partial charge is 0.320 e. The molecule has 1 rings (SSSR count). The quantitative estimate of drug-likeness (QED) is 0.0699. The van der Waals surface area contributed by atoms with E-state index in [1.807, 2.05) is 18.2 Å². The van der Waals surface area contributed by atoms with Gasteiger partial charge >= 0.3 is 11.9 Å². The number of unbranched alkanes of at least 4 members (excludes halogenated alkanes) is 10. The SMILES string of the molecule is CCCCCCCCCC(CCCCCCCC(=O)O)CCCN(CC(=O)OCCS)Cc1ccccn1. The van der Waals surface area contributed by atoms with Crippen LogP contribution in [0.4, 0.5) is 0 Å². The molecule has 0 fully saturated rings. The molecule has 1 aromatic heterocycles. The van der Waals surface area contributed by atoms with Crippen molar-refractivity contribution in [3.63, 3.8) is 0 Å². The summed E-state index contributed by atoms with van der Waals surface area (Å²) in [6.07, 6.45) is 21.6. The van der Waals surface area contributed by atoms with Gasteiger partial charge in [-0.2, -0.15) is 12.6 Å². The fraction of sp³-hybridized carbons (Fsp3) is 0.774. The molecule has 218 valence electrons. The normalized spacial score (nSPS) is 12.1. The highest BCUT2D eigenvalue weighted by molar-refractivity contribution is 7.80. The maximum absolute atomic E-state index is 12.3. The molecule has 7 heteroatoms. The van der Waals surface area contributed by atoms with Crippen molar-refractivity contribution in [3.05, 3.63) is 30.1 Å². The van der Waals surface area contributed by atoms with Gasteiger partial charge in [-0.25, -0.2) is 0 Å². The number of hydrogen-bond acceptors (Lipinski definition) is 6. The third-order valence-corrected chi connectivity index (χ3v) is 7.31. The van der Waals surface area contributed by atoms with Crippen molar-refractivity contribution >= 4 is 24.6 Å². The number of aliphatic carboxylic acids is 1. The number of pyridine rings is 1. The number of ether oxygens (including phenoxy) is 1. The summed E-state index contributed by atoms with van der Waals surface area (Å²) in [5, 5.41) is 8.81. The Morgan fingerprint density at radius 3 is 2.16 bits per heavy atom. The predicted molar refractivity (Wildman–Crippen MR) is 160 cm³/mol. The number of carbonyl (C=O) groups is 2. The van der Waals surface area contributed by atoms with Crippen molar-refractivity contribution in [2.75, 3.05) is 25.4 Å². The summed E-state index contributed by atoms with van der Waals surface area (Å²) in [7, 11) is 0. The number of rotatable bonds is 26. The van der Waals surface area contributed by atoms with Crippen LogP contribution in [0, 0.1) is 5.92 Å². The van der Waals surface area contributed by atoms with Crippen molar-refractivity contribution in [1.82, 2.24) is 9.88 Å². The van der Waals surface area contributed by atoms with Crippen molar-refractivity contribution in [2.24, 2.45) is 5.92 Å². The zero-order chi connectivity index (χ0) is 27.7. The van der Waals surface area contributed by atoms with Gasteiger partial charge in [-0.15, -0.1) is 0 Å². The number of carboxylic acids is 1. The van der Waals surface area contributed by atoms with E-state index in [0.29, 0.717) is 18.9 Å². The van der Waals surface area contributed by atoms with Crippen LogP contribution >= 0.6 is 12.6 Å². The molecule has 1 aromatic rings. The Bertz CT molecular complexity index is 704. The lowest BCUT2D eigenvalue weighted by Gasteiger charge is -2.23. The summed E-state index contributed by atoms with van der Waals surface area (Å²) < 4.78 is 5.28. The van der Waals surface area contributed by atoms with Gasteiger partial charge in [0.1, 0.15) is 6.61 Å². The Balaban J connectivity index is 2.51. The van der Waals surface area contributed by atoms with Gasteiger partial charge in [0.2, 0.25) is 0 Å². The molecule has 0 bridgehead atoms. The summed E-state index contributed by atoms with van der Waals surface area (Å²) in [4.78, 5) is 29.6. The molecule has 0 aliphatic rings. The monoisotopic (exact) mass is 550 g/mol. The van der Waals surface area contributed by atoms with E-state index in [1.54, 1.807) is 6.20 Å². The van der Waals surface area contributed by atoms with Crippen LogP contribution in [-0.4, -0.2) is 52.4 Å². The summed E-state index contributed by atoms with van der Waals surface area (Å²) in [6, 6.07) is 5.90. The van der Waals surface area contributed by atoms with Crippen LogP contribution < -0.4 is 0 Å². The minimum atomic E-state index is -0.688. The molecule has 0 spiro atoms. The lowest BCUT2D eigenvalue weighted by molar-refractivity contribution is -0.144. The van der Waals surface area contributed by atoms with E-state index in [9.17, 15) is 9.59 Å². The first-order chi connectivity index (χ1) is 18.5. The molecule has 0 radical (unpaired) electrons. The third-order valence-electron chi connectivity index (χ3n) is 7.12. The van der Waals surface area contributed by atoms with Crippen LogP contribution in [0.1, 0.15) is 122 Å². The van der Waals surface area contributed by atoms with Gasteiger partial charge in [-0.05, 0) is 43.9 Å². The van der Waals surface area contributed by atoms with Gasteiger partial charge in [0.25, 0.3) is 0 Å². The maximum Gasteiger partial charge on any atom is 0.320 e. The first-order valence-corrected chi connectivity index (χ1v) is 15.8. The zero-order valence-electron chi connectivity index (χ0n) is 24.0. The number of carboxylic acid groups (broad SMARTS) is 1. The maximum atomic E-state index is 12.3. The van der Waals surface area contributed by atoms with E-state index >= 15 is 0 Å². The molecule has 0 aliphatic carbocycles. The van der Waals surface area contributed by atoms with Crippen LogP contribution in [-0.2, 0) is 20.9 Å². The van der Waals surface area contributed by atoms with Crippen molar-refractivity contribution < 1.29 is 19.4 Å². The van der Waals surface area contributed by atoms with Crippen LogP contribution in [0.25, 0.3) is 0 Å². The molecular formula is C31H54N2O4S. The summed E-state index contributed by atoms with van der Waals surface area (Å²) in [5.41, 5.74) is 0.969. The first-order valence-electron chi connectivity index (χ1n) is 15.2. The highest BCUT2D eigenvalue weighted by Gasteiger charge is 2.15. The van der Waals surface area contributed by atoms with Gasteiger partial charge in [-0.3, -0.25) is 19.5 Å². The van der Waals surface area contributed by atoms with E-state index in [2.05, 4.69) is 29.4 Å². The van der Waals surface area contributed by atoms with Crippen LogP contribution in [0.15, 0.2) is 24.4 Å². The fourth-order valence-electron chi connectivity index (χ4n) is 4.99. The highest BCUT2D eigenvalue weighted by Crippen LogP contribution is 2.24. The largest absolute Gasteiger partial charge is 0.481 e. The van der Waals surface area contributed by atoms with Crippen molar-refractivity contribution in [3.8, 4) is 0 Å². The zero-order valence-corrected chi connectivity index (χ0v) is 24.9. The molecule has 0 aromatic carbocycles. The molecule has 0 saturated carbocycles. The topological polar surface area (TPSA) is 79.7 Å². The summed E-state index contributed by atoms with van der Waals surface area (Å²) >= 11 is 4.14. The number of carbonyl (C=O) groups excluding carboxylic acids is 1. The molecule has 0 amide bonds. The molecule has 1 N–H and O–H groups in total. The van der Waals surface area contributed by atoms with Gasteiger partial charge in [0.05, 0.1) is 12.2 Å². The molecule has 1 atom stereocenters. The lowest BCUT2D eigenvalue weighted by Crippen LogP contribution is -2.32. The standard InChI is InChI=1S/C31H54N2O4S/c1-2-3-4-5-6-8-11-17-28(18-12-9-7-10-13-21-30(34)35)19-16-23-33(27-31(36)37-24-25-38)26-29-20-14-15-22-32-29/h14-15,20,22,28,38H,2-13,16-19,21,23-27H2,1H3,(H,34,35). The summed E-state index contributed by atoms with van der Waals surface area (Å²) in [5.74, 6) is 0.369. The molecule has 0 aliphatic heterocycles. The minimum Gasteiger partial charge on any atom is -0.481 e. The minimum absolute atomic E-state index is 0.197. The molecule has 1 unspecified atom stereocenters. The third kappa shape index (κ3) is 20.4. The van der Waals surface area contributed by atoms with E-state index in [1.165, 1.54) is 77.0 Å². The van der Waals surface area contributed by atoms with E-state index in [-0.39, 0.29) is 18.9 Å². The summed E-state index contributed by atoms with van der Waals surface area (Å²) in [6.45, 7) is 4.39. The van der Waals surface area contributed by atoms with E-state index in [0.717, 1.165) is 43.8 Å². The lowest BCUT2D eigenvalue weighted by atomic mass is 9.90. The Labute approximate surface area is 237 Å². The second kappa shape index (κ2) is 24.4. The molecular weight excluding hydrogens is 496 g/mol. The van der Waals surface area contributed by atoms with E-state index < -0.39 is 5.97 Å². The molecule has 38 heavy (non-hydrogen) atoms. The van der Waals surface area contributed by atoms with Gasteiger partial charge in [-0.1, -0.05) is 96.5 Å². The van der Waals surface area contributed by atoms with Crippen LogP contribution in [0.2, 0.25) is 0 Å². The Morgan fingerprint density at radius 1 is 0.921 bits per heavy atom. The van der Waals surface area contributed by atoms with E-state index in [4.69, 9.17) is 9.84 Å². The Hall–Kier alpha value is -1.60.